The molecule has 0 aliphatic heterocycles. The molecule has 6 nitrogen and oxygen atoms in total. The van der Waals surface area contributed by atoms with Crippen molar-refractivity contribution in [2.45, 2.75) is 38.3 Å². The van der Waals surface area contributed by atoms with Crippen molar-refractivity contribution >= 4 is 5.95 Å². The summed E-state index contributed by atoms with van der Waals surface area (Å²) < 4.78 is 11.0. The van der Waals surface area contributed by atoms with Crippen molar-refractivity contribution in [2.75, 3.05) is 12.4 Å². The molecule has 2 aromatic heterocycles. The largest absolute Gasteiger partial charge is 0.481 e. The average molecular weight is 300 g/mol. The van der Waals surface area contributed by atoms with Gasteiger partial charge in [0.1, 0.15) is 6.10 Å². The lowest BCUT2D eigenvalue weighted by Crippen LogP contribution is -2.12. The van der Waals surface area contributed by atoms with Crippen LogP contribution in [0.2, 0.25) is 0 Å². The van der Waals surface area contributed by atoms with Crippen molar-refractivity contribution in [3.8, 4) is 11.8 Å². The molecule has 3 rings (SSSR count). The van der Waals surface area contributed by atoms with Gasteiger partial charge in [-0.1, -0.05) is 0 Å². The minimum absolute atomic E-state index is 0.317. The summed E-state index contributed by atoms with van der Waals surface area (Å²) in [6, 6.07) is 5.63. The number of nitrogens with zero attached hydrogens (tertiary/aromatic N) is 3. The Morgan fingerprint density at radius 1 is 1.14 bits per heavy atom. The number of pyridine rings is 1. The second-order valence-electron chi connectivity index (χ2n) is 5.30. The van der Waals surface area contributed by atoms with E-state index in [1.54, 1.807) is 25.6 Å². The van der Waals surface area contributed by atoms with Crippen molar-refractivity contribution < 1.29 is 9.47 Å². The Morgan fingerprint density at radius 3 is 2.77 bits per heavy atom. The molecule has 0 radical (unpaired) electrons. The lowest BCUT2D eigenvalue weighted by atomic mass is 10.2. The number of hydrogen-bond acceptors (Lipinski definition) is 6. The number of methoxy groups -OCH3 is 1. The summed E-state index contributed by atoms with van der Waals surface area (Å²) in [7, 11) is 1.58. The highest BCUT2D eigenvalue weighted by atomic mass is 16.5. The SMILES string of the molecule is COc1ccnc(NCc2ccnc(OC3CCCC3)c2)n1. The van der Waals surface area contributed by atoms with Crippen LogP contribution < -0.4 is 14.8 Å². The minimum atomic E-state index is 0.317. The number of hydrogen-bond donors (Lipinski definition) is 1. The zero-order chi connectivity index (χ0) is 15.2. The summed E-state index contributed by atoms with van der Waals surface area (Å²) in [5.41, 5.74) is 1.08. The maximum Gasteiger partial charge on any atom is 0.226 e. The quantitative estimate of drug-likeness (QED) is 0.884. The van der Waals surface area contributed by atoms with E-state index in [-0.39, 0.29) is 0 Å². The highest BCUT2D eigenvalue weighted by Crippen LogP contribution is 2.23. The van der Waals surface area contributed by atoms with Gasteiger partial charge in [0.25, 0.3) is 0 Å². The molecule has 0 aromatic carbocycles. The molecule has 0 amide bonds. The fourth-order valence-electron chi connectivity index (χ4n) is 2.52. The highest BCUT2D eigenvalue weighted by Gasteiger charge is 2.16. The first-order chi connectivity index (χ1) is 10.8. The monoisotopic (exact) mass is 300 g/mol. The molecule has 0 atom stereocenters. The van der Waals surface area contributed by atoms with Crippen molar-refractivity contribution in [2.24, 2.45) is 0 Å². The molecule has 0 saturated heterocycles. The van der Waals surface area contributed by atoms with Gasteiger partial charge in [-0.25, -0.2) is 9.97 Å². The molecule has 22 heavy (non-hydrogen) atoms. The van der Waals surface area contributed by atoms with Gasteiger partial charge in [-0.05, 0) is 37.3 Å². The van der Waals surface area contributed by atoms with Crippen LogP contribution in [0.5, 0.6) is 11.8 Å². The summed E-state index contributed by atoms with van der Waals surface area (Å²) >= 11 is 0. The van der Waals surface area contributed by atoms with Gasteiger partial charge in [0.05, 0.1) is 7.11 Å². The van der Waals surface area contributed by atoms with E-state index in [0.29, 0.717) is 30.4 Å². The lowest BCUT2D eigenvalue weighted by Gasteiger charge is -2.13. The maximum absolute atomic E-state index is 5.91. The molecule has 0 spiro atoms. The Bertz CT molecular complexity index is 615. The fourth-order valence-corrected chi connectivity index (χ4v) is 2.52. The Labute approximate surface area is 129 Å². The number of aromatic nitrogens is 3. The zero-order valence-corrected chi connectivity index (χ0v) is 12.7. The van der Waals surface area contributed by atoms with E-state index in [9.17, 15) is 0 Å². The number of rotatable bonds is 6. The van der Waals surface area contributed by atoms with Crippen LogP contribution in [0.3, 0.4) is 0 Å². The van der Waals surface area contributed by atoms with Crippen LogP contribution in [-0.2, 0) is 6.54 Å². The van der Waals surface area contributed by atoms with E-state index in [0.717, 1.165) is 18.4 Å². The molecule has 1 aliphatic rings. The van der Waals surface area contributed by atoms with E-state index >= 15 is 0 Å². The minimum Gasteiger partial charge on any atom is -0.481 e. The molecule has 0 unspecified atom stereocenters. The van der Waals surface area contributed by atoms with Gasteiger partial charge in [-0.3, -0.25) is 0 Å². The standard InChI is InChI=1S/C16H20N4O2/c1-21-14-7-9-18-16(20-14)19-11-12-6-8-17-15(10-12)22-13-4-2-3-5-13/h6-10,13H,2-5,11H2,1H3,(H,18,19,20). The predicted molar refractivity (Wildman–Crippen MR) is 83.0 cm³/mol. The highest BCUT2D eigenvalue weighted by molar-refractivity contribution is 5.30. The van der Waals surface area contributed by atoms with Crippen LogP contribution >= 0.6 is 0 Å². The van der Waals surface area contributed by atoms with Crippen LogP contribution in [0.15, 0.2) is 30.6 Å². The van der Waals surface area contributed by atoms with Gasteiger partial charge in [0.2, 0.25) is 17.7 Å². The number of anilines is 1. The fraction of sp³-hybridized carbons (Fsp3) is 0.438. The predicted octanol–water partition coefficient (Wildman–Crippen LogP) is 2.81. The number of ether oxygens (including phenoxy) is 2. The van der Waals surface area contributed by atoms with Gasteiger partial charge in [-0.15, -0.1) is 0 Å². The van der Waals surface area contributed by atoms with Crippen LogP contribution in [0.25, 0.3) is 0 Å². The topological polar surface area (TPSA) is 69.2 Å². The Balaban J connectivity index is 1.59. The van der Waals surface area contributed by atoms with Crippen molar-refractivity contribution in [1.82, 2.24) is 15.0 Å². The third kappa shape index (κ3) is 3.84. The molecule has 1 aliphatic carbocycles. The molecule has 116 valence electrons. The Morgan fingerprint density at radius 2 is 1.95 bits per heavy atom. The molecule has 1 N–H and O–H groups in total. The first kappa shape index (κ1) is 14.6. The van der Waals surface area contributed by atoms with Crippen LogP contribution in [0.1, 0.15) is 31.2 Å². The second kappa shape index (κ2) is 7.06. The Hall–Kier alpha value is -2.37. The van der Waals surface area contributed by atoms with Gasteiger partial charge < -0.3 is 14.8 Å². The van der Waals surface area contributed by atoms with E-state index in [2.05, 4.69) is 20.3 Å². The normalized spacial score (nSPS) is 14.8. The lowest BCUT2D eigenvalue weighted by molar-refractivity contribution is 0.201. The first-order valence-corrected chi connectivity index (χ1v) is 7.56. The van der Waals surface area contributed by atoms with Gasteiger partial charge in [-0.2, -0.15) is 4.98 Å². The smallest absolute Gasteiger partial charge is 0.226 e. The van der Waals surface area contributed by atoms with Crippen LogP contribution in [-0.4, -0.2) is 28.2 Å². The van der Waals surface area contributed by atoms with Crippen molar-refractivity contribution in [3.63, 3.8) is 0 Å². The van der Waals surface area contributed by atoms with Gasteiger partial charge >= 0.3 is 0 Å². The third-order valence-electron chi connectivity index (χ3n) is 3.68. The molecule has 1 fully saturated rings. The van der Waals surface area contributed by atoms with Crippen LogP contribution in [0.4, 0.5) is 5.95 Å². The Kier molecular flexibility index (Phi) is 4.68. The van der Waals surface area contributed by atoms with E-state index in [4.69, 9.17) is 9.47 Å². The number of nitrogens with one attached hydrogen (secondary N) is 1. The first-order valence-electron chi connectivity index (χ1n) is 7.56. The summed E-state index contributed by atoms with van der Waals surface area (Å²) in [5, 5.41) is 3.17. The summed E-state index contributed by atoms with van der Waals surface area (Å²) in [6.07, 6.45) is 8.50. The molecule has 1 saturated carbocycles. The molecule has 6 heteroatoms. The summed E-state index contributed by atoms with van der Waals surface area (Å²) in [5.74, 6) is 1.77. The molecule has 2 heterocycles. The maximum atomic E-state index is 5.91. The molecular formula is C16H20N4O2. The van der Waals surface area contributed by atoms with Crippen LogP contribution in [0, 0.1) is 0 Å². The molecule has 0 bridgehead atoms. The second-order valence-corrected chi connectivity index (χ2v) is 5.30. The molecular weight excluding hydrogens is 280 g/mol. The third-order valence-corrected chi connectivity index (χ3v) is 3.68. The molecule has 2 aromatic rings. The zero-order valence-electron chi connectivity index (χ0n) is 12.7. The average Bonchev–Trinajstić information content (AvgIpc) is 3.06. The van der Waals surface area contributed by atoms with Gasteiger partial charge in [0, 0.05) is 31.1 Å². The van der Waals surface area contributed by atoms with Gasteiger partial charge in [0.15, 0.2) is 0 Å². The summed E-state index contributed by atoms with van der Waals surface area (Å²) in [4.78, 5) is 12.7. The van der Waals surface area contributed by atoms with E-state index < -0.39 is 0 Å². The van der Waals surface area contributed by atoms with Crippen molar-refractivity contribution in [3.05, 3.63) is 36.2 Å². The summed E-state index contributed by atoms with van der Waals surface area (Å²) in [6.45, 7) is 0.608. The van der Waals surface area contributed by atoms with E-state index in [1.165, 1.54) is 12.8 Å². The van der Waals surface area contributed by atoms with Crippen molar-refractivity contribution in [1.29, 1.82) is 0 Å². The van der Waals surface area contributed by atoms with E-state index in [1.807, 2.05) is 12.1 Å².